The van der Waals surface area contributed by atoms with Crippen LogP contribution in [-0.4, -0.2) is 7.05 Å². The highest BCUT2D eigenvalue weighted by Gasteiger charge is 2.02. The molecule has 0 bridgehead atoms. The van der Waals surface area contributed by atoms with E-state index >= 15 is 0 Å². The summed E-state index contributed by atoms with van der Waals surface area (Å²) < 4.78 is 28.3. The van der Waals surface area contributed by atoms with Crippen LogP contribution in [0.4, 0.5) is 8.78 Å². The van der Waals surface area contributed by atoms with Crippen molar-refractivity contribution in [2.24, 2.45) is 0 Å². The zero-order chi connectivity index (χ0) is 8.97. The van der Waals surface area contributed by atoms with Gasteiger partial charge in [-0.2, -0.15) is 0 Å². The second-order valence-corrected chi connectivity index (χ2v) is 3.21. The molecule has 0 heterocycles. The fraction of sp³-hybridized carbons (Fsp3) is 0.250. The standard InChI is InChI=1S/C8H9F2NS/c1-11-12-5-6-4-7(9)2-3-8(6)10/h2-4,11H,5H2,1H3. The maximum absolute atomic E-state index is 12.9. The fourth-order valence-corrected chi connectivity index (χ4v) is 1.32. The highest BCUT2D eigenvalue weighted by molar-refractivity contribution is 7.96. The SMILES string of the molecule is CNSCc1cc(F)ccc1F. The van der Waals surface area contributed by atoms with E-state index in [2.05, 4.69) is 4.72 Å². The van der Waals surface area contributed by atoms with E-state index in [4.69, 9.17) is 0 Å². The Morgan fingerprint density at radius 1 is 1.42 bits per heavy atom. The van der Waals surface area contributed by atoms with Crippen molar-refractivity contribution in [1.29, 1.82) is 0 Å². The molecule has 0 saturated carbocycles. The van der Waals surface area contributed by atoms with Gasteiger partial charge < -0.3 is 0 Å². The number of hydrogen-bond acceptors (Lipinski definition) is 2. The minimum atomic E-state index is -0.400. The topological polar surface area (TPSA) is 12.0 Å². The van der Waals surface area contributed by atoms with E-state index in [0.717, 1.165) is 12.1 Å². The van der Waals surface area contributed by atoms with Crippen molar-refractivity contribution < 1.29 is 8.78 Å². The van der Waals surface area contributed by atoms with Crippen LogP contribution in [0.25, 0.3) is 0 Å². The number of halogens is 2. The average molecular weight is 189 g/mol. The van der Waals surface area contributed by atoms with Gasteiger partial charge in [0.25, 0.3) is 0 Å². The van der Waals surface area contributed by atoms with Crippen LogP contribution in [0, 0.1) is 11.6 Å². The highest BCUT2D eigenvalue weighted by Crippen LogP contribution is 2.14. The van der Waals surface area contributed by atoms with Crippen molar-refractivity contribution in [3.63, 3.8) is 0 Å². The van der Waals surface area contributed by atoms with E-state index in [9.17, 15) is 8.78 Å². The van der Waals surface area contributed by atoms with Gasteiger partial charge in [0.1, 0.15) is 11.6 Å². The van der Waals surface area contributed by atoms with Crippen LogP contribution in [0.5, 0.6) is 0 Å². The second kappa shape index (κ2) is 4.42. The Morgan fingerprint density at radius 2 is 2.17 bits per heavy atom. The number of rotatable bonds is 3. The van der Waals surface area contributed by atoms with Crippen LogP contribution < -0.4 is 4.72 Å². The molecule has 0 saturated heterocycles. The summed E-state index contributed by atoms with van der Waals surface area (Å²) in [5.41, 5.74) is 0.384. The Morgan fingerprint density at radius 3 is 2.83 bits per heavy atom. The molecule has 1 aromatic rings. The molecular weight excluding hydrogens is 180 g/mol. The molecule has 0 aliphatic carbocycles. The normalized spacial score (nSPS) is 10.2. The lowest BCUT2D eigenvalue weighted by molar-refractivity contribution is 0.591. The smallest absolute Gasteiger partial charge is 0.127 e. The monoisotopic (exact) mass is 189 g/mol. The summed E-state index contributed by atoms with van der Waals surface area (Å²) >= 11 is 1.33. The minimum absolute atomic E-state index is 0.362. The molecule has 1 nitrogen and oxygen atoms in total. The van der Waals surface area contributed by atoms with Gasteiger partial charge in [0.2, 0.25) is 0 Å². The summed E-state index contributed by atoms with van der Waals surface area (Å²) in [6.45, 7) is 0. The summed E-state index contributed by atoms with van der Waals surface area (Å²) in [6.07, 6.45) is 0. The molecule has 0 aromatic heterocycles. The number of hydrogen-bond donors (Lipinski definition) is 1. The Bertz CT molecular complexity index is 265. The van der Waals surface area contributed by atoms with E-state index in [1.807, 2.05) is 0 Å². The maximum Gasteiger partial charge on any atom is 0.127 e. The van der Waals surface area contributed by atoms with Crippen LogP contribution in [0.1, 0.15) is 5.56 Å². The third kappa shape index (κ3) is 2.46. The van der Waals surface area contributed by atoms with Gasteiger partial charge in [0.15, 0.2) is 0 Å². The van der Waals surface area contributed by atoms with Crippen molar-refractivity contribution in [3.8, 4) is 0 Å². The zero-order valence-corrected chi connectivity index (χ0v) is 7.42. The molecule has 0 radical (unpaired) electrons. The van der Waals surface area contributed by atoms with Gasteiger partial charge in [-0.05, 0) is 25.2 Å². The highest BCUT2D eigenvalue weighted by atomic mass is 32.2. The van der Waals surface area contributed by atoms with Crippen molar-refractivity contribution in [1.82, 2.24) is 4.72 Å². The van der Waals surface area contributed by atoms with Gasteiger partial charge in [0.05, 0.1) is 0 Å². The van der Waals surface area contributed by atoms with E-state index < -0.39 is 5.82 Å². The van der Waals surface area contributed by atoms with Gasteiger partial charge in [-0.25, -0.2) is 8.78 Å². The summed E-state index contributed by atoms with van der Waals surface area (Å²) in [7, 11) is 1.74. The Hall–Kier alpha value is -0.610. The molecule has 4 heteroatoms. The summed E-state index contributed by atoms with van der Waals surface area (Å²) in [5.74, 6) is -0.331. The van der Waals surface area contributed by atoms with Crippen LogP contribution in [-0.2, 0) is 5.75 Å². The minimum Gasteiger partial charge on any atom is -0.267 e. The summed E-state index contributed by atoms with van der Waals surface area (Å²) in [5, 5.41) is 0. The predicted octanol–water partition coefficient (Wildman–Crippen LogP) is 2.33. The van der Waals surface area contributed by atoms with Gasteiger partial charge in [-0.3, -0.25) is 4.72 Å². The maximum atomic E-state index is 12.9. The Kier molecular flexibility index (Phi) is 3.49. The fourth-order valence-electron chi connectivity index (χ4n) is 0.804. The predicted molar refractivity (Wildman–Crippen MR) is 46.7 cm³/mol. The number of nitrogens with one attached hydrogen (secondary N) is 1. The zero-order valence-electron chi connectivity index (χ0n) is 6.60. The lowest BCUT2D eigenvalue weighted by Crippen LogP contribution is -1.95. The van der Waals surface area contributed by atoms with Crippen molar-refractivity contribution in [2.75, 3.05) is 7.05 Å². The lowest BCUT2D eigenvalue weighted by Gasteiger charge is -2.01. The van der Waals surface area contributed by atoms with Crippen molar-refractivity contribution in [2.45, 2.75) is 5.75 Å². The van der Waals surface area contributed by atoms with Crippen molar-refractivity contribution >= 4 is 11.9 Å². The molecular formula is C8H9F2NS. The first-order valence-corrected chi connectivity index (χ1v) is 4.45. The summed E-state index contributed by atoms with van der Waals surface area (Å²) in [6, 6.07) is 3.46. The lowest BCUT2D eigenvalue weighted by atomic mass is 10.2. The third-order valence-corrected chi connectivity index (χ3v) is 2.12. The molecule has 0 unspecified atom stereocenters. The first-order valence-electron chi connectivity index (χ1n) is 3.46. The number of benzene rings is 1. The quantitative estimate of drug-likeness (QED) is 0.732. The van der Waals surface area contributed by atoms with Gasteiger partial charge in [0, 0.05) is 11.3 Å². The second-order valence-electron chi connectivity index (χ2n) is 2.23. The first kappa shape index (κ1) is 9.48. The van der Waals surface area contributed by atoms with Crippen LogP contribution >= 0.6 is 11.9 Å². The van der Waals surface area contributed by atoms with E-state index in [1.54, 1.807) is 7.05 Å². The molecule has 0 atom stereocenters. The average Bonchev–Trinajstić information content (AvgIpc) is 2.07. The Labute approximate surface area is 74.3 Å². The molecule has 0 aliphatic heterocycles. The molecule has 12 heavy (non-hydrogen) atoms. The molecule has 66 valence electrons. The molecule has 0 spiro atoms. The third-order valence-electron chi connectivity index (χ3n) is 1.38. The molecule has 1 aromatic carbocycles. The first-order chi connectivity index (χ1) is 5.74. The van der Waals surface area contributed by atoms with Crippen molar-refractivity contribution in [3.05, 3.63) is 35.4 Å². The molecule has 1 rings (SSSR count). The van der Waals surface area contributed by atoms with Crippen LogP contribution in [0.3, 0.4) is 0 Å². The van der Waals surface area contributed by atoms with Crippen LogP contribution in [0.15, 0.2) is 18.2 Å². The van der Waals surface area contributed by atoms with Gasteiger partial charge >= 0.3 is 0 Å². The molecule has 1 N–H and O–H groups in total. The molecule has 0 aliphatic rings. The Balaban J connectivity index is 2.75. The molecule has 0 fully saturated rings. The van der Waals surface area contributed by atoms with E-state index in [-0.39, 0.29) is 5.82 Å². The van der Waals surface area contributed by atoms with E-state index in [0.29, 0.717) is 11.3 Å². The summed E-state index contributed by atoms with van der Waals surface area (Å²) in [4.78, 5) is 0. The largest absolute Gasteiger partial charge is 0.267 e. The van der Waals surface area contributed by atoms with E-state index in [1.165, 1.54) is 18.0 Å². The van der Waals surface area contributed by atoms with Gasteiger partial charge in [-0.15, -0.1) is 0 Å². The van der Waals surface area contributed by atoms with Gasteiger partial charge in [-0.1, -0.05) is 11.9 Å². The van der Waals surface area contributed by atoms with Crippen LogP contribution in [0.2, 0.25) is 0 Å². The molecule has 0 amide bonds.